The smallest absolute Gasteiger partial charge is 0.182 e. The third kappa shape index (κ3) is 3.55. The second kappa shape index (κ2) is 7.23. The van der Waals surface area contributed by atoms with Crippen molar-refractivity contribution in [3.8, 4) is 18.0 Å². The number of aryl methyl sites for hydroxylation is 2. The fraction of sp³-hybridized carbons (Fsp3) is 0.400. The lowest BCUT2D eigenvalue weighted by atomic mass is 10.3. The van der Waals surface area contributed by atoms with E-state index in [1.54, 1.807) is 4.68 Å². The van der Waals surface area contributed by atoms with Gasteiger partial charge in [-0.05, 0) is 19.9 Å². The van der Waals surface area contributed by atoms with Crippen LogP contribution in [0.2, 0.25) is 0 Å². The highest BCUT2D eigenvalue weighted by molar-refractivity contribution is 5.70. The third-order valence-electron chi connectivity index (χ3n) is 3.34. The standard InChI is InChI=1S/C15H18N8/c1-11-9-12(2)23(21-11)15-13(18)14(19-10-20-15)22(7-3-5-16)8-4-6-17/h9-10H,3-4,7-8,18H2,1-2H3. The summed E-state index contributed by atoms with van der Waals surface area (Å²) in [6, 6.07) is 6.13. The second-order valence-corrected chi connectivity index (χ2v) is 5.08. The van der Waals surface area contributed by atoms with Crippen molar-refractivity contribution >= 4 is 11.5 Å². The summed E-state index contributed by atoms with van der Waals surface area (Å²) in [6.45, 7) is 4.73. The maximum absolute atomic E-state index is 8.81. The van der Waals surface area contributed by atoms with E-state index < -0.39 is 0 Å². The molecule has 2 aromatic rings. The van der Waals surface area contributed by atoms with E-state index in [2.05, 4.69) is 27.2 Å². The molecule has 0 aliphatic rings. The molecule has 8 nitrogen and oxygen atoms in total. The van der Waals surface area contributed by atoms with Crippen molar-refractivity contribution in [2.45, 2.75) is 26.7 Å². The Labute approximate surface area is 134 Å². The predicted molar refractivity (Wildman–Crippen MR) is 85.7 cm³/mol. The lowest BCUT2D eigenvalue weighted by molar-refractivity contribution is 0.767. The summed E-state index contributed by atoms with van der Waals surface area (Å²) in [5, 5.41) is 22.0. The number of anilines is 2. The fourth-order valence-electron chi connectivity index (χ4n) is 2.33. The Morgan fingerprint density at radius 3 is 2.35 bits per heavy atom. The Morgan fingerprint density at radius 2 is 1.83 bits per heavy atom. The van der Waals surface area contributed by atoms with E-state index in [9.17, 15) is 0 Å². The molecule has 0 atom stereocenters. The van der Waals surface area contributed by atoms with E-state index in [1.807, 2.05) is 24.8 Å². The molecule has 8 heteroatoms. The van der Waals surface area contributed by atoms with Gasteiger partial charge in [-0.15, -0.1) is 0 Å². The monoisotopic (exact) mass is 310 g/mol. The summed E-state index contributed by atoms with van der Waals surface area (Å²) in [7, 11) is 0. The van der Waals surface area contributed by atoms with E-state index in [0.717, 1.165) is 11.4 Å². The number of nitrogen functional groups attached to an aromatic ring is 1. The average Bonchev–Trinajstić information content (AvgIpc) is 2.87. The summed E-state index contributed by atoms with van der Waals surface area (Å²) in [5.74, 6) is 1.02. The highest BCUT2D eigenvalue weighted by Crippen LogP contribution is 2.26. The summed E-state index contributed by atoms with van der Waals surface area (Å²) >= 11 is 0. The highest BCUT2D eigenvalue weighted by Gasteiger charge is 2.17. The minimum absolute atomic E-state index is 0.324. The van der Waals surface area contributed by atoms with Crippen LogP contribution in [0.1, 0.15) is 24.2 Å². The number of nitrogens with zero attached hydrogens (tertiary/aromatic N) is 7. The quantitative estimate of drug-likeness (QED) is 0.858. The number of rotatable bonds is 6. The van der Waals surface area contributed by atoms with Crippen LogP contribution in [0.15, 0.2) is 12.4 Å². The molecule has 0 bridgehead atoms. The molecule has 0 saturated carbocycles. The van der Waals surface area contributed by atoms with Crippen LogP contribution in [0.4, 0.5) is 11.5 Å². The van der Waals surface area contributed by atoms with Gasteiger partial charge in [0.05, 0.1) is 30.7 Å². The first-order chi connectivity index (χ1) is 11.1. The van der Waals surface area contributed by atoms with E-state index in [0.29, 0.717) is 43.3 Å². The van der Waals surface area contributed by atoms with Crippen LogP contribution in [0.3, 0.4) is 0 Å². The number of hydrogen-bond acceptors (Lipinski definition) is 7. The lowest BCUT2D eigenvalue weighted by Crippen LogP contribution is -2.28. The van der Waals surface area contributed by atoms with E-state index in [-0.39, 0.29) is 0 Å². The van der Waals surface area contributed by atoms with Crippen LogP contribution in [-0.4, -0.2) is 32.8 Å². The van der Waals surface area contributed by atoms with Crippen molar-refractivity contribution in [3.63, 3.8) is 0 Å². The Morgan fingerprint density at radius 1 is 1.17 bits per heavy atom. The third-order valence-corrected chi connectivity index (χ3v) is 3.34. The number of aromatic nitrogens is 4. The first-order valence-electron chi connectivity index (χ1n) is 7.21. The Hall–Kier alpha value is -3.13. The molecule has 0 aromatic carbocycles. The summed E-state index contributed by atoms with van der Waals surface area (Å²) < 4.78 is 1.67. The maximum Gasteiger partial charge on any atom is 0.182 e. The number of nitrogens with two attached hydrogens (primary N) is 1. The van der Waals surface area contributed by atoms with Crippen LogP contribution < -0.4 is 10.6 Å². The molecule has 2 aromatic heterocycles. The van der Waals surface area contributed by atoms with Crippen molar-refractivity contribution in [1.82, 2.24) is 19.7 Å². The second-order valence-electron chi connectivity index (χ2n) is 5.08. The molecular weight excluding hydrogens is 292 g/mol. The number of hydrogen-bond donors (Lipinski definition) is 1. The molecule has 118 valence electrons. The summed E-state index contributed by atoms with van der Waals surface area (Å²) in [6.07, 6.45) is 2.07. The molecule has 2 rings (SSSR count). The van der Waals surface area contributed by atoms with Crippen LogP contribution in [0, 0.1) is 36.5 Å². The topological polar surface area (TPSA) is 120 Å². The van der Waals surface area contributed by atoms with Crippen molar-refractivity contribution < 1.29 is 0 Å². The molecular formula is C15H18N8. The molecule has 0 aliphatic carbocycles. The first-order valence-corrected chi connectivity index (χ1v) is 7.21. The zero-order valence-corrected chi connectivity index (χ0v) is 13.2. The van der Waals surface area contributed by atoms with Crippen LogP contribution >= 0.6 is 0 Å². The van der Waals surface area contributed by atoms with Gasteiger partial charge in [0.1, 0.15) is 12.0 Å². The number of nitriles is 2. The van der Waals surface area contributed by atoms with Gasteiger partial charge in [-0.2, -0.15) is 15.6 Å². The predicted octanol–water partition coefficient (Wildman–Crippen LogP) is 1.50. The fourth-order valence-corrected chi connectivity index (χ4v) is 2.33. The zero-order chi connectivity index (χ0) is 16.8. The lowest BCUT2D eigenvalue weighted by Gasteiger charge is -2.23. The average molecular weight is 310 g/mol. The minimum Gasteiger partial charge on any atom is -0.393 e. The van der Waals surface area contributed by atoms with E-state index in [4.69, 9.17) is 16.3 Å². The molecule has 0 aliphatic heterocycles. The Kier molecular flexibility index (Phi) is 5.11. The van der Waals surface area contributed by atoms with Gasteiger partial charge in [-0.3, -0.25) is 0 Å². The van der Waals surface area contributed by atoms with Gasteiger partial charge in [0.15, 0.2) is 11.6 Å². The molecule has 2 N–H and O–H groups in total. The largest absolute Gasteiger partial charge is 0.393 e. The van der Waals surface area contributed by atoms with Gasteiger partial charge in [0.2, 0.25) is 0 Å². The van der Waals surface area contributed by atoms with Gasteiger partial charge < -0.3 is 10.6 Å². The van der Waals surface area contributed by atoms with Crippen molar-refractivity contribution in [1.29, 1.82) is 10.5 Å². The van der Waals surface area contributed by atoms with Crippen LogP contribution in [0.5, 0.6) is 0 Å². The molecule has 0 saturated heterocycles. The normalized spacial score (nSPS) is 10.1. The minimum atomic E-state index is 0.324. The molecule has 23 heavy (non-hydrogen) atoms. The van der Waals surface area contributed by atoms with Crippen LogP contribution in [0.25, 0.3) is 5.82 Å². The van der Waals surface area contributed by atoms with Crippen molar-refractivity contribution in [3.05, 3.63) is 23.8 Å². The molecule has 0 spiro atoms. The maximum atomic E-state index is 8.81. The van der Waals surface area contributed by atoms with Gasteiger partial charge in [-0.1, -0.05) is 0 Å². The molecule has 0 unspecified atom stereocenters. The molecule has 0 radical (unpaired) electrons. The van der Waals surface area contributed by atoms with Gasteiger partial charge in [0, 0.05) is 18.8 Å². The SMILES string of the molecule is Cc1cc(C)n(-c2ncnc(N(CCC#N)CCC#N)c2N)n1. The van der Waals surface area contributed by atoms with Gasteiger partial charge in [0.25, 0.3) is 0 Å². The van der Waals surface area contributed by atoms with E-state index in [1.165, 1.54) is 6.33 Å². The molecule has 0 amide bonds. The first kappa shape index (κ1) is 16.2. The zero-order valence-electron chi connectivity index (χ0n) is 13.2. The molecule has 0 fully saturated rings. The summed E-state index contributed by atoms with van der Waals surface area (Å²) in [4.78, 5) is 10.3. The Bertz CT molecular complexity index is 747. The van der Waals surface area contributed by atoms with Crippen molar-refractivity contribution in [2.75, 3.05) is 23.7 Å². The van der Waals surface area contributed by atoms with Crippen molar-refractivity contribution in [2.24, 2.45) is 0 Å². The van der Waals surface area contributed by atoms with Gasteiger partial charge >= 0.3 is 0 Å². The van der Waals surface area contributed by atoms with E-state index >= 15 is 0 Å². The molecule has 2 heterocycles. The summed E-state index contributed by atoms with van der Waals surface area (Å²) in [5.41, 5.74) is 8.41. The highest BCUT2D eigenvalue weighted by atomic mass is 15.3. The van der Waals surface area contributed by atoms with Crippen LogP contribution in [-0.2, 0) is 0 Å². The Balaban J connectivity index is 2.43. The van der Waals surface area contributed by atoms with Gasteiger partial charge in [-0.25, -0.2) is 14.6 Å².